The summed E-state index contributed by atoms with van der Waals surface area (Å²) in [5.74, 6) is -2.44. The van der Waals surface area contributed by atoms with E-state index >= 15 is 0 Å². The van der Waals surface area contributed by atoms with E-state index in [1.165, 1.54) is 0 Å². The number of nitrogens with zero attached hydrogens (tertiary/aromatic N) is 1. The third kappa shape index (κ3) is 8.85. The summed E-state index contributed by atoms with van der Waals surface area (Å²) < 4.78 is 13.6. The first kappa shape index (κ1) is 29.7. The molecule has 0 bridgehead atoms. The van der Waals surface area contributed by atoms with Gasteiger partial charge in [0.25, 0.3) is 11.8 Å². The number of carbonyl (C=O) groups is 4. The van der Waals surface area contributed by atoms with Crippen LogP contribution in [0.25, 0.3) is 0 Å². The molecule has 2 N–H and O–H groups in total. The van der Waals surface area contributed by atoms with Crippen LogP contribution in [-0.2, 0) is 23.9 Å². The molecule has 1 saturated carbocycles. The van der Waals surface area contributed by atoms with Crippen LogP contribution in [0.2, 0.25) is 0 Å². The standard InChI is InChI=1S/C22H22BrCl3N2O8S/c23-8-14(29)17(20(32)36-11-22(24,25)26)28-18(31)16(19(28)37-21(33)35-9-12-6-7-12)27-15(30)10-34-13-4-2-1-3-5-13/h1-5,12,16,19,29H,6-11H2,(H,27,30). The van der Waals surface area contributed by atoms with Crippen molar-refractivity contribution in [3.63, 3.8) is 0 Å². The number of rotatable bonds is 11. The first-order valence-corrected chi connectivity index (χ1v) is 14.0. The van der Waals surface area contributed by atoms with Gasteiger partial charge in [0.05, 0.1) is 11.9 Å². The van der Waals surface area contributed by atoms with Crippen LogP contribution in [0.15, 0.2) is 41.8 Å². The van der Waals surface area contributed by atoms with Crippen LogP contribution in [-0.4, -0.2) is 73.5 Å². The van der Waals surface area contributed by atoms with E-state index in [1.807, 2.05) is 0 Å². The summed E-state index contributed by atoms with van der Waals surface area (Å²) in [5, 5.41) is 10.8. The number of thioether (sulfide) groups is 1. The molecule has 2 aliphatic rings. The molecule has 0 spiro atoms. The maximum Gasteiger partial charge on any atom is 0.369 e. The Kier molecular flexibility index (Phi) is 10.7. The van der Waals surface area contributed by atoms with E-state index in [1.54, 1.807) is 30.3 Å². The third-order valence-corrected chi connectivity index (χ3v) is 6.92. The van der Waals surface area contributed by atoms with Crippen LogP contribution >= 0.6 is 62.5 Å². The Morgan fingerprint density at radius 1 is 1.16 bits per heavy atom. The number of hydrogen-bond donors (Lipinski definition) is 2. The predicted molar refractivity (Wildman–Crippen MR) is 141 cm³/mol. The maximum atomic E-state index is 13.1. The van der Waals surface area contributed by atoms with Gasteiger partial charge in [0, 0.05) is 0 Å². The highest BCUT2D eigenvalue weighted by Gasteiger charge is 2.54. The Hall–Kier alpha value is -1.86. The summed E-state index contributed by atoms with van der Waals surface area (Å²) >= 11 is 20.5. The molecule has 1 aromatic rings. The van der Waals surface area contributed by atoms with Crippen LogP contribution in [0.4, 0.5) is 4.79 Å². The van der Waals surface area contributed by atoms with E-state index in [0.29, 0.717) is 23.4 Å². The van der Waals surface area contributed by atoms with Crippen molar-refractivity contribution in [1.29, 1.82) is 0 Å². The molecule has 1 heterocycles. The average molecular weight is 661 g/mol. The SMILES string of the molecule is O=C(COc1ccccc1)NC1C(=O)N(C(C(=O)OCC(Cl)(Cl)Cl)=C(O)CBr)C1SC(=O)OCC1CC1. The van der Waals surface area contributed by atoms with Gasteiger partial charge in [-0.25, -0.2) is 9.59 Å². The molecule has 202 valence electrons. The molecular weight excluding hydrogens is 639 g/mol. The van der Waals surface area contributed by atoms with Gasteiger partial charge in [-0.15, -0.1) is 0 Å². The van der Waals surface area contributed by atoms with Gasteiger partial charge >= 0.3 is 11.3 Å². The summed E-state index contributed by atoms with van der Waals surface area (Å²) in [4.78, 5) is 51.6. The van der Waals surface area contributed by atoms with Crippen molar-refractivity contribution in [2.45, 2.75) is 28.0 Å². The second kappa shape index (κ2) is 13.3. The number of ether oxygens (including phenoxy) is 3. The third-order valence-electron chi connectivity index (χ3n) is 5.02. The Balaban J connectivity index is 1.75. The average Bonchev–Trinajstić information content (AvgIpc) is 3.70. The van der Waals surface area contributed by atoms with E-state index in [2.05, 4.69) is 21.2 Å². The maximum absolute atomic E-state index is 13.1. The fourth-order valence-electron chi connectivity index (χ4n) is 3.07. The highest BCUT2D eigenvalue weighted by Crippen LogP contribution is 2.37. The van der Waals surface area contributed by atoms with Crippen LogP contribution < -0.4 is 10.1 Å². The second-order valence-corrected chi connectivity index (χ2v) is 12.1. The number of esters is 1. The van der Waals surface area contributed by atoms with Crippen molar-refractivity contribution in [3.05, 3.63) is 41.8 Å². The Labute approximate surface area is 240 Å². The summed E-state index contributed by atoms with van der Waals surface area (Å²) in [6, 6.07) is 7.32. The summed E-state index contributed by atoms with van der Waals surface area (Å²) in [6.07, 6.45) is 1.90. The van der Waals surface area contributed by atoms with Gasteiger partial charge < -0.3 is 24.6 Å². The van der Waals surface area contributed by atoms with Gasteiger partial charge in [0.2, 0.25) is 3.79 Å². The number of aliphatic hydroxyl groups excluding tert-OH is 1. The van der Waals surface area contributed by atoms with Gasteiger partial charge in [-0.2, -0.15) is 0 Å². The van der Waals surface area contributed by atoms with Crippen molar-refractivity contribution in [2.75, 3.05) is 25.2 Å². The van der Waals surface area contributed by atoms with Gasteiger partial charge in [-0.05, 0) is 42.7 Å². The zero-order valence-electron chi connectivity index (χ0n) is 19.0. The molecule has 37 heavy (non-hydrogen) atoms. The first-order chi connectivity index (χ1) is 17.5. The number of likely N-dealkylation sites (tertiary alicyclic amines) is 1. The number of aliphatic hydroxyl groups is 1. The van der Waals surface area contributed by atoms with Crippen LogP contribution in [0, 0.1) is 5.92 Å². The smallest absolute Gasteiger partial charge is 0.369 e. The minimum atomic E-state index is -1.94. The lowest BCUT2D eigenvalue weighted by molar-refractivity contribution is -0.153. The topological polar surface area (TPSA) is 131 Å². The number of hydrogen-bond acceptors (Lipinski definition) is 9. The fraction of sp³-hybridized carbons (Fsp3) is 0.455. The van der Waals surface area contributed by atoms with Crippen LogP contribution in [0.1, 0.15) is 12.8 Å². The molecule has 1 aromatic carbocycles. The molecule has 0 aromatic heterocycles. The molecule has 2 atom stereocenters. The highest BCUT2D eigenvalue weighted by molar-refractivity contribution is 9.09. The lowest BCUT2D eigenvalue weighted by Gasteiger charge is -2.46. The zero-order valence-corrected chi connectivity index (χ0v) is 23.7. The van der Waals surface area contributed by atoms with E-state index in [0.717, 1.165) is 17.7 Å². The summed E-state index contributed by atoms with van der Waals surface area (Å²) in [6.45, 7) is -0.858. The Morgan fingerprint density at radius 3 is 2.43 bits per heavy atom. The minimum Gasteiger partial charge on any atom is -0.509 e. The molecule has 15 heteroatoms. The molecule has 0 radical (unpaired) electrons. The minimum absolute atomic E-state index is 0.217. The highest BCUT2D eigenvalue weighted by atomic mass is 79.9. The monoisotopic (exact) mass is 658 g/mol. The Morgan fingerprint density at radius 2 is 1.84 bits per heavy atom. The number of β-lactam (4-membered cyclic amide) rings is 1. The number of alkyl halides is 4. The molecule has 10 nitrogen and oxygen atoms in total. The van der Waals surface area contributed by atoms with Gasteiger partial charge in [0.15, 0.2) is 12.3 Å². The lowest BCUT2D eigenvalue weighted by atomic mass is 10.1. The van der Waals surface area contributed by atoms with Gasteiger partial charge in [0.1, 0.15) is 29.5 Å². The van der Waals surface area contributed by atoms with Gasteiger partial charge in [-0.3, -0.25) is 14.5 Å². The van der Waals surface area contributed by atoms with Crippen molar-refractivity contribution in [2.24, 2.45) is 5.92 Å². The molecule has 3 rings (SSSR count). The van der Waals surface area contributed by atoms with E-state index in [-0.39, 0.29) is 11.9 Å². The molecule has 2 unspecified atom stereocenters. The van der Waals surface area contributed by atoms with Crippen molar-refractivity contribution < 1.29 is 38.5 Å². The predicted octanol–water partition coefficient (Wildman–Crippen LogP) is 4.08. The normalized spacial score (nSPS) is 19.9. The second-order valence-electron chi connectivity index (χ2n) is 7.99. The number of para-hydroxylation sites is 1. The van der Waals surface area contributed by atoms with Crippen molar-refractivity contribution >= 4 is 85.6 Å². The lowest BCUT2D eigenvalue weighted by Crippen LogP contribution is -2.70. The number of benzene rings is 1. The molecular formula is C22H22BrCl3N2O8S. The van der Waals surface area contributed by atoms with E-state index in [9.17, 15) is 24.3 Å². The summed E-state index contributed by atoms with van der Waals surface area (Å²) in [7, 11) is 0. The summed E-state index contributed by atoms with van der Waals surface area (Å²) in [5.41, 5.74) is -0.574. The largest absolute Gasteiger partial charge is 0.509 e. The molecule has 1 saturated heterocycles. The Bertz CT molecular complexity index is 1050. The fourth-order valence-corrected chi connectivity index (χ4v) is 4.47. The first-order valence-electron chi connectivity index (χ1n) is 10.9. The molecule has 1 aliphatic carbocycles. The van der Waals surface area contributed by atoms with Crippen molar-refractivity contribution in [1.82, 2.24) is 10.2 Å². The zero-order chi connectivity index (χ0) is 27.2. The number of carbonyl (C=O) groups excluding carboxylic acids is 4. The molecule has 1 aliphatic heterocycles. The quantitative estimate of drug-likeness (QED) is 0.119. The number of halogens is 4. The number of allylic oxidation sites excluding steroid dienone is 1. The number of amides is 2. The number of nitrogens with one attached hydrogen (secondary N) is 1. The van der Waals surface area contributed by atoms with E-state index in [4.69, 9.17) is 49.0 Å². The van der Waals surface area contributed by atoms with E-state index < -0.39 is 63.0 Å². The van der Waals surface area contributed by atoms with Gasteiger partial charge in [-0.1, -0.05) is 68.9 Å². The molecule has 2 fully saturated rings. The molecule has 2 amide bonds. The van der Waals surface area contributed by atoms with Crippen molar-refractivity contribution in [3.8, 4) is 5.75 Å². The van der Waals surface area contributed by atoms with Crippen LogP contribution in [0.5, 0.6) is 5.75 Å². The van der Waals surface area contributed by atoms with Crippen LogP contribution in [0.3, 0.4) is 0 Å².